The number of unbranched alkanes of at least 4 members (excludes halogenated alkanes) is 8. The van der Waals surface area contributed by atoms with Gasteiger partial charge in [0.25, 0.3) is 0 Å². The Morgan fingerprint density at radius 1 is 0.593 bits per heavy atom. The molecule has 1 rings (SSSR count). The van der Waals surface area contributed by atoms with E-state index in [9.17, 15) is 44.6 Å². The van der Waals surface area contributed by atoms with Gasteiger partial charge in [-0.1, -0.05) is 120 Å². The van der Waals surface area contributed by atoms with E-state index in [2.05, 4.69) is 62.5 Å². The van der Waals surface area contributed by atoms with Crippen molar-refractivity contribution in [1.82, 2.24) is 0 Å². The number of ether oxygens (including phenoxy) is 2. The molecule has 0 heterocycles. The van der Waals surface area contributed by atoms with Gasteiger partial charge < -0.3 is 39.9 Å². The maximum atomic E-state index is 12.7. The zero-order valence-electron chi connectivity index (χ0n) is 32.2. The number of phosphoric acid groups is 1. The monoisotopic (exact) mass is 786 g/mol. The molecule has 1 saturated carbocycles. The van der Waals surface area contributed by atoms with E-state index in [0.717, 1.165) is 57.8 Å². The first-order valence-corrected chi connectivity index (χ1v) is 21.1. The molecule has 0 bridgehead atoms. The molecule has 0 aromatic carbocycles. The van der Waals surface area contributed by atoms with Crippen molar-refractivity contribution >= 4 is 19.8 Å². The molecule has 6 atom stereocenters. The summed E-state index contributed by atoms with van der Waals surface area (Å²) in [7, 11) is -5.12. The number of allylic oxidation sites excluding steroid dienone is 10. The van der Waals surface area contributed by atoms with Crippen LogP contribution in [-0.2, 0) is 32.7 Å². The zero-order valence-corrected chi connectivity index (χ0v) is 33.1. The molecule has 6 N–H and O–H groups in total. The van der Waals surface area contributed by atoms with Crippen LogP contribution in [0.1, 0.15) is 123 Å². The molecule has 1 aliphatic carbocycles. The van der Waals surface area contributed by atoms with Gasteiger partial charge in [-0.25, -0.2) is 4.57 Å². The van der Waals surface area contributed by atoms with Crippen LogP contribution in [0.5, 0.6) is 0 Å². The number of phosphoric ester groups is 1. The van der Waals surface area contributed by atoms with Gasteiger partial charge in [0.05, 0.1) is 6.61 Å². The second kappa shape index (κ2) is 30.7. The van der Waals surface area contributed by atoms with E-state index in [0.29, 0.717) is 19.3 Å². The Morgan fingerprint density at radius 3 is 1.59 bits per heavy atom. The predicted molar refractivity (Wildman–Crippen MR) is 207 cm³/mol. The first-order valence-electron chi connectivity index (χ1n) is 19.6. The number of carbonyl (C=O) groups excluding carboxylic acids is 2. The molecule has 0 spiro atoms. The summed E-state index contributed by atoms with van der Waals surface area (Å²) in [4.78, 5) is 35.4. The minimum atomic E-state index is -5.12. The lowest BCUT2D eigenvalue weighted by molar-refractivity contribution is -0.220. The Hall–Kier alpha value is -2.45. The first kappa shape index (κ1) is 49.6. The fourth-order valence-corrected chi connectivity index (χ4v) is 6.41. The van der Waals surface area contributed by atoms with Crippen molar-refractivity contribution in [1.29, 1.82) is 0 Å². The molecule has 0 amide bonds. The van der Waals surface area contributed by atoms with Gasteiger partial charge in [-0.15, -0.1) is 0 Å². The Morgan fingerprint density at radius 2 is 1.06 bits per heavy atom. The first-order chi connectivity index (χ1) is 25.9. The smallest absolute Gasteiger partial charge is 0.462 e. The van der Waals surface area contributed by atoms with Crippen LogP contribution >= 0.6 is 7.82 Å². The third kappa shape index (κ3) is 23.5. The Kier molecular flexibility index (Phi) is 28.2. The van der Waals surface area contributed by atoms with Crippen LogP contribution in [0, 0.1) is 0 Å². The average molecular weight is 787 g/mol. The van der Waals surface area contributed by atoms with Gasteiger partial charge >= 0.3 is 19.8 Å². The van der Waals surface area contributed by atoms with Crippen molar-refractivity contribution in [3.63, 3.8) is 0 Å². The number of esters is 2. The zero-order chi connectivity index (χ0) is 40.0. The van der Waals surface area contributed by atoms with Crippen molar-refractivity contribution in [2.75, 3.05) is 13.2 Å². The van der Waals surface area contributed by atoms with Gasteiger partial charge in [-0.05, 0) is 51.4 Å². The molecule has 1 fully saturated rings. The quantitative estimate of drug-likeness (QED) is 0.0207. The van der Waals surface area contributed by atoms with E-state index in [1.54, 1.807) is 0 Å². The van der Waals surface area contributed by atoms with E-state index < -0.39 is 75.7 Å². The maximum Gasteiger partial charge on any atom is 0.472 e. The minimum Gasteiger partial charge on any atom is -0.462 e. The summed E-state index contributed by atoms with van der Waals surface area (Å²) >= 11 is 0. The lowest BCUT2D eigenvalue weighted by atomic mass is 9.85. The topological polar surface area (TPSA) is 210 Å². The van der Waals surface area contributed by atoms with Crippen LogP contribution in [0.15, 0.2) is 60.8 Å². The number of carbonyl (C=O) groups is 2. The molecule has 0 radical (unpaired) electrons. The second-order valence-corrected chi connectivity index (χ2v) is 14.8. The van der Waals surface area contributed by atoms with Gasteiger partial charge in [-0.2, -0.15) is 0 Å². The molecular weight excluding hydrogens is 719 g/mol. The number of hydrogen-bond acceptors (Lipinski definition) is 12. The van der Waals surface area contributed by atoms with Gasteiger partial charge in [0.2, 0.25) is 0 Å². The Bertz CT molecular complexity index is 1180. The molecular formula is C40H67O13P. The van der Waals surface area contributed by atoms with Crippen LogP contribution in [0.2, 0.25) is 0 Å². The minimum absolute atomic E-state index is 0.0167. The van der Waals surface area contributed by atoms with Gasteiger partial charge in [0, 0.05) is 12.8 Å². The lowest BCUT2D eigenvalue weighted by Crippen LogP contribution is -2.64. The molecule has 6 unspecified atom stereocenters. The molecule has 0 aromatic rings. The molecule has 0 aromatic heterocycles. The van der Waals surface area contributed by atoms with Crippen molar-refractivity contribution in [3.05, 3.63) is 60.8 Å². The summed E-state index contributed by atoms with van der Waals surface area (Å²) in [5.74, 6) is -1.18. The average Bonchev–Trinajstić information content (AvgIpc) is 3.15. The number of rotatable bonds is 30. The second-order valence-electron chi connectivity index (χ2n) is 13.4. The summed E-state index contributed by atoms with van der Waals surface area (Å²) in [6.07, 6.45) is 21.8. The van der Waals surface area contributed by atoms with E-state index >= 15 is 0 Å². The lowest BCUT2D eigenvalue weighted by Gasteiger charge is -2.41. The highest BCUT2D eigenvalue weighted by Gasteiger charge is 2.51. The molecule has 310 valence electrons. The molecule has 54 heavy (non-hydrogen) atoms. The summed E-state index contributed by atoms with van der Waals surface area (Å²) in [5.41, 5.74) is 0. The molecule has 0 saturated heterocycles. The van der Waals surface area contributed by atoms with E-state index in [1.165, 1.54) is 19.3 Å². The van der Waals surface area contributed by atoms with E-state index in [4.69, 9.17) is 18.5 Å². The van der Waals surface area contributed by atoms with Crippen LogP contribution in [0.4, 0.5) is 0 Å². The van der Waals surface area contributed by atoms with Gasteiger partial charge in [-0.3, -0.25) is 18.6 Å². The van der Waals surface area contributed by atoms with Gasteiger partial charge in [0.1, 0.15) is 43.2 Å². The summed E-state index contributed by atoms with van der Waals surface area (Å²) in [5, 5.41) is 49.9. The van der Waals surface area contributed by atoms with Crippen LogP contribution in [0.25, 0.3) is 0 Å². The fourth-order valence-electron chi connectivity index (χ4n) is 5.44. The predicted octanol–water partition coefficient (Wildman–Crippen LogP) is 6.21. The highest BCUT2D eigenvalue weighted by atomic mass is 31.2. The molecule has 1 aliphatic rings. The Labute approximate surface area is 322 Å². The molecule has 0 aliphatic heterocycles. The van der Waals surface area contributed by atoms with Crippen molar-refractivity contribution in [2.45, 2.75) is 166 Å². The fraction of sp³-hybridized carbons (Fsp3) is 0.700. The summed E-state index contributed by atoms with van der Waals surface area (Å²) in [6.45, 7) is 3.05. The van der Waals surface area contributed by atoms with E-state index in [1.807, 2.05) is 12.2 Å². The standard InChI is InChI=1S/C40H67O13P/c1-3-5-7-9-11-13-14-15-16-17-18-19-20-21-23-25-27-29-34(42)52-32(30-50-33(41)28-26-24-22-12-10-8-6-4-2)31-51-54(48,49)53-40-38(46)36(44)35(43)37(45)39(40)47/h5,7,11,13,15-16,18-19,21,23,32,35-40,43-47H,3-4,6,8-10,12,14,17,20,22,24-31H2,1-2H3,(H,48,49)/b7-5-,13-11-,16-15-,19-18-,23-21-. The van der Waals surface area contributed by atoms with Crippen LogP contribution < -0.4 is 0 Å². The number of hydrogen-bond donors (Lipinski definition) is 6. The SMILES string of the molecule is CC/C=C\C/C=C\C/C=C\C/C=C\C/C=C\CCCC(=O)OC(COC(=O)CCCCCCCCCC)COP(=O)(O)OC1C(O)C(O)C(O)C(O)C1O. The molecule has 14 heteroatoms. The Balaban J connectivity index is 2.57. The van der Waals surface area contributed by atoms with Crippen molar-refractivity contribution in [2.24, 2.45) is 0 Å². The third-order valence-corrected chi connectivity index (χ3v) is 9.61. The van der Waals surface area contributed by atoms with Crippen molar-refractivity contribution < 1.29 is 63.1 Å². The highest BCUT2D eigenvalue weighted by molar-refractivity contribution is 7.47. The van der Waals surface area contributed by atoms with Crippen LogP contribution in [0.3, 0.4) is 0 Å². The van der Waals surface area contributed by atoms with Gasteiger partial charge in [0.15, 0.2) is 6.10 Å². The normalized spacial score (nSPS) is 23.9. The summed E-state index contributed by atoms with van der Waals surface area (Å²) in [6, 6.07) is 0. The number of aliphatic hydroxyl groups excluding tert-OH is 5. The molecule has 13 nitrogen and oxygen atoms in total. The van der Waals surface area contributed by atoms with Crippen molar-refractivity contribution in [3.8, 4) is 0 Å². The van der Waals surface area contributed by atoms with Crippen LogP contribution in [-0.4, -0.2) is 98.3 Å². The summed E-state index contributed by atoms with van der Waals surface area (Å²) < 4.78 is 33.2. The maximum absolute atomic E-state index is 12.7. The highest BCUT2D eigenvalue weighted by Crippen LogP contribution is 2.47. The largest absolute Gasteiger partial charge is 0.472 e. The third-order valence-electron chi connectivity index (χ3n) is 8.62. The number of aliphatic hydroxyl groups is 5. The van der Waals surface area contributed by atoms with E-state index in [-0.39, 0.29) is 12.8 Å².